The molecule has 0 saturated heterocycles. The highest BCUT2D eigenvalue weighted by Crippen LogP contribution is 2.29. The normalized spacial score (nSPS) is 11.4. The summed E-state index contributed by atoms with van der Waals surface area (Å²) in [4.78, 5) is 1.14. The minimum atomic E-state index is -4.69. The Bertz CT molecular complexity index is 582. The van der Waals surface area contributed by atoms with Crippen LogP contribution < -0.4 is 15.4 Å². The first-order valence-corrected chi connectivity index (χ1v) is 5.35. The number of rotatable bonds is 2. The Morgan fingerprint density at radius 3 is 2.53 bits per heavy atom. The Kier molecular flexibility index (Phi) is 3.28. The van der Waals surface area contributed by atoms with E-state index in [0.29, 0.717) is 5.56 Å². The third kappa shape index (κ3) is 3.34. The lowest BCUT2D eigenvalue weighted by Crippen LogP contribution is -2.47. The molecule has 1 aromatic heterocycles. The fourth-order valence-electron chi connectivity index (χ4n) is 1.68. The summed E-state index contributed by atoms with van der Waals surface area (Å²) in [7, 11) is 0. The zero-order chi connectivity index (χ0) is 14.0. The van der Waals surface area contributed by atoms with E-state index in [-0.39, 0.29) is 5.75 Å². The maximum atomic E-state index is 12.1. The van der Waals surface area contributed by atoms with Crippen LogP contribution >= 0.6 is 0 Å². The molecule has 1 aromatic carbocycles. The van der Waals surface area contributed by atoms with Crippen LogP contribution in [0.3, 0.4) is 0 Å². The van der Waals surface area contributed by atoms with E-state index in [1.807, 2.05) is 0 Å². The van der Waals surface area contributed by atoms with Crippen molar-refractivity contribution >= 4 is 0 Å². The van der Waals surface area contributed by atoms with Gasteiger partial charge in [0.1, 0.15) is 11.9 Å². The van der Waals surface area contributed by atoms with Crippen molar-refractivity contribution in [1.29, 1.82) is 0 Å². The van der Waals surface area contributed by atoms with Crippen molar-refractivity contribution in [1.82, 2.24) is 5.10 Å². The zero-order valence-electron chi connectivity index (χ0n) is 9.98. The van der Waals surface area contributed by atoms with Gasteiger partial charge in [0.05, 0.1) is 0 Å². The minimum absolute atomic E-state index is 0.244. The minimum Gasteiger partial charge on any atom is -0.406 e. The number of alkyl halides is 3. The fourth-order valence-corrected chi connectivity index (χ4v) is 1.68. The molecular weight excluding hydrogens is 259 g/mol. The predicted molar refractivity (Wildman–Crippen MR) is 61.4 cm³/mol. The second-order valence-electron chi connectivity index (χ2n) is 3.92. The first-order valence-electron chi connectivity index (χ1n) is 5.35. The molecule has 0 aliphatic heterocycles. The number of hydrogen-bond acceptors (Lipinski definition) is 3. The number of nitrogens with two attached hydrogens (primary N) is 1. The van der Waals surface area contributed by atoms with E-state index in [1.165, 1.54) is 18.3 Å². The van der Waals surface area contributed by atoms with Crippen LogP contribution in [0.4, 0.5) is 13.2 Å². The fraction of sp³-hybridized carbons (Fsp3) is 0.167. The second-order valence-corrected chi connectivity index (χ2v) is 3.92. The van der Waals surface area contributed by atoms with E-state index in [2.05, 4.69) is 9.84 Å². The highest BCUT2D eigenvalue weighted by molar-refractivity contribution is 5.66. The molecule has 0 spiro atoms. The number of aromatic nitrogens is 2. The number of benzene rings is 1. The molecular formula is C12H11F3N3O+. The van der Waals surface area contributed by atoms with Gasteiger partial charge in [-0.2, -0.15) is 5.84 Å². The molecule has 0 aliphatic rings. The van der Waals surface area contributed by atoms with E-state index in [0.717, 1.165) is 15.9 Å². The summed E-state index contributed by atoms with van der Waals surface area (Å²) in [6, 6.07) is 5.86. The van der Waals surface area contributed by atoms with Gasteiger partial charge >= 0.3 is 6.36 Å². The molecule has 4 nitrogen and oxygen atoms in total. The van der Waals surface area contributed by atoms with Crippen molar-refractivity contribution in [3.05, 3.63) is 42.2 Å². The number of halogens is 3. The molecule has 0 unspecified atom stereocenters. The summed E-state index contributed by atoms with van der Waals surface area (Å²) in [6.07, 6.45) is -1.60. The van der Waals surface area contributed by atoms with Gasteiger partial charge in [-0.15, -0.1) is 13.2 Å². The molecule has 2 N–H and O–H groups in total. The summed E-state index contributed by atoms with van der Waals surface area (Å²) < 4.78 is 40.1. The van der Waals surface area contributed by atoms with Gasteiger partial charge in [-0.1, -0.05) is 6.07 Å². The Labute approximate surface area is 107 Å². The topological polar surface area (TPSA) is 52.0 Å². The standard InChI is InChI=1S/C12H11F3N3O/c1-8-6-10(19-12(13,14)15)2-3-11(8)9-4-5-18(16)17-7-9/h2-7H,1H3,(H2,16,17)/q+1. The summed E-state index contributed by atoms with van der Waals surface area (Å²) in [6.45, 7) is 1.70. The summed E-state index contributed by atoms with van der Waals surface area (Å²) in [5.74, 6) is 5.15. The van der Waals surface area contributed by atoms with E-state index in [9.17, 15) is 13.2 Å². The Hall–Kier alpha value is -2.31. The summed E-state index contributed by atoms with van der Waals surface area (Å²) in [5, 5.41) is 3.86. The number of nitrogens with zero attached hydrogens (tertiary/aromatic N) is 2. The van der Waals surface area contributed by atoms with Crippen molar-refractivity contribution in [3.8, 4) is 16.9 Å². The third-order valence-corrected chi connectivity index (χ3v) is 2.48. The lowest BCUT2D eigenvalue weighted by atomic mass is 10.0. The van der Waals surface area contributed by atoms with Gasteiger partial charge in [0, 0.05) is 21.5 Å². The highest BCUT2D eigenvalue weighted by atomic mass is 19.4. The van der Waals surface area contributed by atoms with E-state index in [1.54, 1.807) is 25.3 Å². The van der Waals surface area contributed by atoms with Crippen LogP contribution in [0, 0.1) is 6.92 Å². The average Bonchev–Trinajstić information content (AvgIpc) is 2.29. The van der Waals surface area contributed by atoms with Crippen LogP contribution in [-0.4, -0.2) is 11.5 Å². The van der Waals surface area contributed by atoms with Crippen molar-refractivity contribution in [3.63, 3.8) is 0 Å². The quantitative estimate of drug-likeness (QED) is 0.670. The Balaban J connectivity index is 2.31. The molecule has 0 amide bonds. The molecule has 7 heteroatoms. The number of aryl methyl sites for hydroxylation is 1. The van der Waals surface area contributed by atoms with Crippen LogP contribution in [0.2, 0.25) is 0 Å². The smallest absolute Gasteiger partial charge is 0.406 e. The molecule has 0 fully saturated rings. The van der Waals surface area contributed by atoms with Gasteiger partial charge in [-0.05, 0) is 30.2 Å². The van der Waals surface area contributed by atoms with Gasteiger partial charge < -0.3 is 4.74 Å². The SMILES string of the molecule is Cc1cc(OC(F)(F)F)ccc1-c1cc[n+](N)nc1. The predicted octanol–water partition coefficient (Wildman–Crippen LogP) is 1.96. The number of nitrogen functional groups attached to an aromatic ring is 1. The summed E-state index contributed by atoms with van der Waals surface area (Å²) >= 11 is 0. The van der Waals surface area contributed by atoms with E-state index < -0.39 is 6.36 Å². The lowest BCUT2D eigenvalue weighted by Gasteiger charge is -2.11. The van der Waals surface area contributed by atoms with Gasteiger partial charge in [0.15, 0.2) is 0 Å². The maximum absolute atomic E-state index is 12.1. The van der Waals surface area contributed by atoms with Gasteiger partial charge in [-0.3, -0.25) is 0 Å². The molecule has 0 radical (unpaired) electrons. The average molecular weight is 270 g/mol. The summed E-state index contributed by atoms with van der Waals surface area (Å²) in [5.41, 5.74) is 2.18. The Morgan fingerprint density at radius 1 is 1.26 bits per heavy atom. The lowest BCUT2D eigenvalue weighted by molar-refractivity contribution is -0.700. The third-order valence-electron chi connectivity index (χ3n) is 2.48. The maximum Gasteiger partial charge on any atom is 0.573 e. The first kappa shape index (κ1) is 13.1. The Morgan fingerprint density at radius 2 is 2.00 bits per heavy atom. The van der Waals surface area contributed by atoms with Gasteiger partial charge in [0.2, 0.25) is 6.20 Å². The molecule has 0 bridgehead atoms. The van der Waals surface area contributed by atoms with Gasteiger partial charge in [-0.25, -0.2) is 0 Å². The highest BCUT2D eigenvalue weighted by Gasteiger charge is 2.31. The van der Waals surface area contributed by atoms with E-state index >= 15 is 0 Å². The molecule has 0 atom stereocenters. The molecule has 2 rings (SSSR count). The second kappa shape index (κ2) is 4.75. The molecule has 19 heavy (non-hydrogen) atoms. The van der Waals surface area contributed by atoms with Crippen LogP contribution in [0.25, 0.3) is 11.1 Å². The van der Waals surface area contributed by atoms with E-state index in [4.69, 9.17) is 5.84 Å². The molecule has 0 saturated carbocycles. The number of hydrogen-bond donors (Lipinski definition) is 1. The van der Waals surface area contributed by atoms with Crippen LogP contribution in [0.1, 0.15) is 5.56 Å². The van der Waals surface area contributed by atoms with Crippen molar-refractivity contribution in [2.75, 3.05) is 5.84 Å². The van der Waals surface area contributed by atoms with Gasteiger partial charge in [0.25, 0.3) is 0 Å². The molecule has 0 aliphatic carbocycles. The molecule has 1 heterocycles. The van der Waals surface area contributed by atoms with Crippen molar-refractivity contribution in [2.24, 2.45) is 0 Å². The van der Waals surface area contributed by atoms with Crippen LogP contribution in [-0.2, 0) is 0 Å². The molecule has 2 aromatic rings. The zero-order valence-corrected chi connectivity index (χ0v) is 9.98. The van der Waals surface area contributed by atoms with Crippen molar-refractivity contribution < 1.29 is 22.7 Å². The van der Waals surface area contributed by atoms with Crippen LogP contribution in [0.15, 0.2) is 36.7 Å². The van der Waals surface area contributed by atoms with Crippen molar-refractivity contribution in [2.45, 2.75) is 13.3 Å². The number of ether oxygens (including phenoxy) is 1. The largest absolute Gasteiger partial charge is 0.573 e. The first-order chi connectivity index (χ1) is 8.85. The monoisotopic (exact) mass is 270 g/mol. The van der Waals surface area contributed by atoms with Crippen LogP contribution in [0.5, 0.6) is 5.75 Å². The molecule has 100 valence electrons.